The van der Waals surface area contributed by atoms with Crippen LogP contribution in [0.2, 0.25) is 0 Å². The molecule has 0 saturated heterocycles. The number of benzene rings is 2. The van der Waals surface area contributed by atoms with Gasteiger partial charge in [-0.25, -0.2) is 9.97 Å². The summed E-state index contributed by atoms with van der Waals surface area (Å²) in [5.74, 6) is 2.96. The van der Waals surface area contributed by atoms with Crippen molar-refractivity contribution in [3.63, 3.8) is 0 Å². The summed E-state index contributed by atoms with van der Waals surface area (Å²) in [6, 6.07) is 20.6. The molecule has 0 aliphatic carbocycles. The van der Waals surface area contributed by atoms with Gasteiger partial charge in [0.15, 0.2) is 0 Å². The van der Waals surface area contributed by atoms with Gasteiger partial charge in [0.25, 0.3) is 0 Å². The van der Waals surface area contributed by atoms with Crippen LogP contribution in [0, 0.1) is 13.8 Å². The molecule has 2 heterocycles. The van der Waals surface area contributed by atoms with Crippen molar-refractivity contribution in [2.24, 2.45) is 7.05 Å². The molecule has 0 amide bonds. The second-order valence-electron chi connectivity index (χ2n) is 6.16. The lowest BCUT2D eigenvalue weighted by Crippen LogP contribution is -2.07. The average molecular weight is 328 g/mol. The number of hydrogen-bond acceptors (Lipinski definition) is 2. The van der Waals surface area contributed by atoms with Gasteiger partial charge in [-0.05, 0) is 13.8 Å². The maximum absolute atomic E-state index is 4.75. The van der Waals surface area contributed by atoms with Crippen molar-refractivity contribution in [2.75, 3.05) is 0 Å². The summed E-state index contributed by atoms with van der Waals surface area (Å²) in [5.41, 5.74) is 4.27. The fourth-order valence-corrected chi connectivity index (χ4v) is 3.25. The van der Waals surface area contributed by atoms with Gasteiger partial charge in [0.1, 0.15) is 17.5 Å². The molecular weight excluding hydrogens is 308 g/mol. The molecule has 4 rings (SSSR count). The molecule has 2 aromatic carbocycles. The monoisotopic (exact) mass is 328 g/mol. The number of aromatic nitrogens is 4. The summed E-state index contributed by atoms with van der Waals surface area (Å²) in [7, 11) is 2.05. The zero-order valence-corrected chi connectivity index (χ0v) is 14.6. The first-order valence-corrected chi connectivity index (χ1v) is 8.35. The van der Waals surface area contributed by atoms with E-state index in [0.29, 0.717) is 0 Å². The molecule has 124 valence electrons. The molecule has 4 nitrogen and oxygen atoms in total. The highest BCUT2D eigenvalue weighted by Crippen LogP contribution is 2.31. The van der Waals surface area contributed by atoms with Crippen molar-refractivity contribution in [3.05, 3.63) is 78.4 Å². The van der Waals surface area contributed by atoms with Crippen LogP contribution in [0.1, 0.15) is 11.5 Å². The van der Waals surface area contributed by atoms with Gasteiger partial charge in [-0.1, -0.05) is 60.7 Å². The summed E-state index contributed by atoms with van der Waals surface area (Å²) in [6.45, 7) is 4.07. The third-order valence-corrected chi connectivity index (χ3v) is 4.53. The summed E-state index contributed by atoms with van der Waals surface area (Å²) >= 11 is 0. The molecule has 0 radical (unpaired) electrons. The van der Waals surface area contributed by atoms with E-state index in [4.69, 9.17) is 4.98 Å². The van der Waals surface area contributed by atoms with Gasteiger partial charge in [0, 0.05) is 18.2 Å². The number of imidazole rings is 2. The third-order valence-electron chi connectivity index (χ3n) is 4.53. The Kier molecular flexibility index (Phi) is 3.73. The summed E-state index contributed by atoms with van der Waals surface area (Å²) in [4.78, 5) is 9.40. The molecule has 0 saturated carbocycles. The smallest absolute Gasteiger partial charge is 0.146 e. The van der Waals surface area contributed by atoms with Crippen LogP contribution in [0.15, 0.2) is 66.9 Å². The lowest BCUT2D eigenvalue weighted by molar-refractivity contribution is 0.809. The molecule has 2 aromatic heterocycles. The molecule has 4 heteroatoms. The van der Waals surface area contributed by atoms with Crippen LogP contribution in [-0.2, 0) is 7.05 Å². The fourth-order valence-electron chi connectivity index (χ4n) is 3.25. The SMILES string of the molecule is Cc1nc(C)n(C)c1-n1c(-c2ccccc2)cnc1-c1ccccc1. The zero-order valence-electron chi connectivity index (χ0n) is 14.6. The van der Waals surface area contributed by atoms with Gasteiger partial charge in [0.2, 0.25) is 0 Å². The van der Waals surface area contributed by atoms with Crippen molar-refractivity contribution >= 4 is 0 Å². The topological polar surface area (TPSA) is 35.6 Å². The van der Waals surface area contributed by atoms with E-state index in [1.54, 1.807) is 0 Å². The van der Waals surface area contributed by atoms with Crippen LogP contribution in [0.3, 0.4) is 0 Å². The highest BCUT2D eigenvalue weighted by molar-refractivity contribution is 5.69. The molecule has 0 atom stereocenters. The quantitative estimate of drug-likeness (QED) is 0.553. The average Bonchev–Trinajstić information content (AvgIpc) is 3.17. The Morgan fingerprint density at radius 3 is 1.96 bits per heavy atom. The van der Waals surface area contributed by atoms with Gasteiger partial charge >= 0.3 is 0 Å². The van der Waals surface area contributed by atoms with Gasteiger partial charge in [-0.2, -0.15) is 0 Å². The molecule has 0 spiro atoms. The molecular formula is C21H20N4. The lowest BCUT2D eigenvalue weighted by Gasteiger charge is -2.14. The molecule has 0 aliphatic rings. The van der Waals surface area contributed by atoms with E-state index >= 15 is 0 Å². The van der Waals surface area contributed by atoms with E-state index in [2.05, 4.69) is 50.5 Å². The van der Waals surface area contributed by atoms with E-state index in [1.807, 2.05) is 51.4 Å². The van der Waals surface area contributed by atoms with Crippen molar-refractivity contribution in [1.29, 1.82) is 0 Å². The Morgan fingerprint density at radius 2 is 1.40 bits per heavy atom. The second kappa shape index (κ2) is 6.06. The van der Waals surface area contributed by atoms with E-state index < -0.39 is 0 Å². The Morgan fingerprint density at radius 1 is 0.800 bits per heavy atom. The normalized spacial score (nSPS) is 11.0. The highest BCUT2D eigenvalue weighted by atomic mass is 15.2. The zero-order chi connectivity index (χ0) is 17.4. The van der Waals surface area contributed by atoms with Crippen molar-refractivity contribution in [2.45, 2.75) is 13.8 Å². The van der Waals surface area contributed by atoms with E-state index in [-0.39, 0.29) is 0 Å². The highest BCUT2D eigenvalue weighted by Gasteiger charge is 2.20. The minimum absolute atomic E-state index is 0.922. The van der Waals surface area contributed by atoms with Crippen molar-refractivity contribution < 1.29 is 0 Å². The Bertz CT molecular complexity index is 954. The summed E-state index contributed by atoms with van der Waals surface area (Å²) in [6.07, 6.45) is 1.94. The first-order valence-electron chi connectivity index (χ1n) is 8.35. The van der Waals surface area contributed by atoms with Crippen LogP contribution in [-0.4, -0.2) is 19.1 Å². The number of hydrogen-bond donors (Lipinski definition) is 0. The van der Waals surface area contributed by atoms with Crippen LogP contribution in [0.5, 0.6) is 0 Å². The summed E-state index contributed by atoms with van der Waals surface area (Å²) in [5, 5.41) is 0. The molecule has 25 heavy (non-hydrogen) atoms. The number of nitrogens with zero attached hydrogens (tertiary/aromatic N) is 4. The van der Waals surface area contributed by atoms with E-state index in [1.165, 1.54) is 0 Å². The van der Waals surface area contributed by atoms with Crippen LogP contribution in [0.4, 0.5) is 0 Å². The van der Waals surface area contributed by atoms with Crippen molar-refractivity contribution in [3.8, 4) is 28.5 Å². The fraction of sp³-hybridized carbons (Fsp3) is 0.143. The molecule has 0 aliphatic heterocycles. The molecule has 0 unspecified atom stereocenters. The molecule has 0 fully saturated rings. The second-order valence-corrected chi connectivity index (χ2v) is 6.16. The van der Waals surface area contributed by atoms with Gasteiger partial charge in [-0.3, -0.25) is 4.57 Å². The van der Waals surface area contributed by atoms with Gasteiger partial charge in [0.05, 0.1) is 17.6 Å². The number of rotatable bonds is 3. The van der Waals surface area contributed by atoms with Gasteiger partial charge < -0.3 is 4.57 Å². The third kappa shape index (κ3) is 2.56. The summed E-state index contributed by atoms with van der Waals surface area (Å²) < 4.78 is 4.33. The molecule has 0 bridgehead atoms. The minimum Gasteiger partial charge on any atom is -0.317 e. The van der Waals surface area contributed by atoms with E-state index in [0.717, 1.165) is 40.0 Å². The van der Waals surface area contributed by atoms with Crippen LogP contribution in [0.25, 0.3) is 28.5 Å². The maximum Gasteiger partial charge on any atom is 0.146 e. The Balaban J connectivity index is 2.04. The van der Waals surface area contributed by atoms with Crippen LogP contribution >= 0.6 is 0 Å². The minimum atomic E-state index is 0.922. The number of aryl methyl sites for hydroxylation is 2. The predicted octanol–water partition coefficient (Wildman–Crippen LogP) is 4.56. The van der Waals surface area contributed by atoms with E-state index in [9.17, 15) is 0 Å². The maximum atomic E-state index is 4.75. The molecule has 4 aromatic rings. The first-order chi connectivity index (χ1) is 12.2. The Labute approximate surface area is 147 Å². The van der Waals surface area contributed by atoms with Crippen molar-refractivity contribution in [1.82, 2.24) is 19.1 Å². The Hall–Kier alpha value is -3.14. The largest absolute Gasteiger partial charge is 0.317 e. The van der Waals surface area contributed by atoms with Crippen LogP contribution < -0.4 is 0 Å². The lowest BCUT2D eigenvalue weighted by atomic mass is 10.1. The predicted molar refractivity (Wildman–Crippen MR) is 101 cm³/mol. The van der Waals surface area contributed by atoms with Gasteiger partial charge in [-0.15, -0.1) is 0 Å². The first kappa shape index (κ1) is 15.4. The molecule has 0 N–H and O–H groups in total. The standard InChI is InChI=1S/C21H20N4/c1-15-21(24(3)16(2)23-15)25-19(17-10-6-4-7-11-17)14-22-20(25)18-12-8-5-9-13-18/h4-14H,1-3H3.